The van der Waals surface area contributed by atoms with Gasteiger partial charge < -0.3 is 4.74 Å². The molecule has 1 spiro atoms. The SMILES string of the molecule is COC(=O)C1(C#N)C(c2ccc(Cl)cc2)C12C(=O)NN=C2C. The van der Waals surface area contributed by atoms with Crippen LogP contribution in [-0.4, -0.2) is 24.7 Å². The summed E-state index contributed by atoms with van der Waals surface area (Å²) in [6.07, 6.45) is 0. The summed E-state index contributed by atoms with van der Waals surface area (Å²) in [7, 11) is 1.20. The molecule has 1 heterocycles. The first-order valence-corrected chi connectivity index (χ1v) is 6.95. The molecule has 1 aliphatic carbocycles. The third kappa shape index (κ3) is 1.41. The molecule has 0 bridgehead atoms. The van der Waals surface area contributed by atoms with Crippen LogP contribution in [0.2, 0.25) is 5.02 Å². The van der Waals surface area contributed by atoms with Gasteiger partial charge in [-0.05, 0) is 24.6 Å². The standard InChI is InChI=1S/C15H12ClN3O3/c1-8-15(12(20)19-18-8)11(9-3-5-10(16)6-4-9)14(15,7-17)13(21)22-2/h3-6,11H,1-2H3,(H,19,20). The van der Waals surface area contributed by atoms with Crippen LogP contribution in [-0.2, 0) is 14.3 Å². The molecule has 0 saturated heterocycles. The smallest absolute Gasteiger partial charge is 0.328 e. The zero-order valence-corrected chi connectivity index (χ0v) is 12.6. The van der Waals surface area contributed by atoms with Gasteiger partial charge in [-0.1, -0.05) is 23.7 Å². The van der Waals surface area contributed by atoms with Gasteiger partial charge in [-0.2, -0.15) is 10.4 Å². The minimum Gasteiger partial charge on any atom is -0.468 e. The molecule has 1 aromatic rings. The van der Waals surface area contributed by atoms with Crippen molar-refractivity contribution in [2.24, 2.45) is 15.9 Å². The molecule has 3 unspecified atom stereocenters. The first-order chi connectivity index (χ1) is 10.5. The second-order valence-corrected chi connectivity index (χ2v) is 5.78. The molecule has 2 aliphatic rings. The lowest BCUT2D eigenvalue weighted by molar-refractivity contribution is -0.147. The van der Waals surface area contributed by atoms with Crippen LogP contribution in [0.1, 0.15) is 18.4 Å². The second kappa shape index (κ2) is 4.55. The number of rotatable bonds is 2. The fourth-order valence-corrected chi connectivity index (χ4v) is 3.67. The van der Waals surface area contributed by atoms with Gasteiger partial charge in [-0.3, -0.25) is 9.59 Å². The highest BCUT2D eigenvalue weighted by atomic mass is 35.5. The third-order valence-electron chi connectivity index (χ3n) is 4.55. The Morgan fingerprint density at radius 1 is 1.45 bits per heavy atom. The van der Waals surface area contributed by atoms with Crippen LogP contribution < -0.4 is 5.43 Å². The number of hydrogen-bond acceptors (Lipinski definition) is 5. The van der Waals surface area contributed by atoms with Crippen LogP contribution in [0.3, 0.4) is 0 Å². The van der Waals surface area contributed by atoms with E-state index in [-0.39, 0.29) is 0 Å². The van der Waals surface area contributed by atoms with Crippen molar-refractivity contribution in [1.29, 1.82) is 5.26 Å². The van der Waals surface area contributed by atoms with E-state index < -0.39 is 28.6 Å². The first-order valence-electron chi connectivity index (χ1n) is 6.57. The average molecular weight is 318 g/mol. The minimum atomic E-state index is -1.61. The van der Waals surface area contributed by atoms with E-state index in [1.165, 1.54) is 7.11 Å². The van der Waals surface area contributed by atoms with E-state index in [4.69, 9.17) is 16.3 Å². The largest absolute Gasteiger partial charge is 0.468 e. The van der Waals surface area contributed by atoms with Crippen LogP contribution >= 0.6 is 11.6 Å². The summed E-state index contributed by atoms with van der Waals surface area (Å²) < 4.78 is 4.80. The Kier molecular flexibility index (Phi) is 3.01. The molecule has 1 saturated carbocycles. The number of nitriles is 1. The molecule has 0 aromatic heterocycles. The zero-order chi connectivity index (χ0) is 16.1. The number of ether oxygens (including phenoxy) is 1. The van der Waals surface area contributed by atoms with E-state index in [1.807, 2.05) is 6.07 Å². The predicted octanol–water partition coefficient (Wildman–Crippen LogP) is 1.61. The van der Waals surface area contributed by atoms with Crippen LogP contribution in [0.25, 0.3) is 0 Å². The number of carbonyl (C=O) groups excluding carboxylic acids is 2. The monoisotopic (exact) mass is 317 g/mol. The first kappa shape index (κ1) is 14.5. The van der Waals surface area contributed by atoms with E-state index in [1.54, 1.807) is 31.2 Å². The van der Waals surface area contributed by atoms with Crippen molar-refractivity contribution < 1.29 is 14.3 Å². The molecule has 112 valence electrons. The number of nitrogens with one attached hydrogen (secondary N) is 1. The summed E-state index contributed by atoms with van der Waals surface area (Å²) >= 11 is 5.88. The van der Waals surface area contributed by atoms with Crippen LogP contribution in [0.15, 0.2) is 29.4 Å². The van der Waals surface area contributed by atoms with Gasteiger partial charge in [0, 0.05) is 10.9 Å². The number of nitrogens with zero attached hydrogens (tertiary/aromatic N) is 2. The molecule has 1 amide bonds. The molecule has 1 N–H and O–H groups in total. The fourth-order valence-electron chi connectivity index (χ4n) is 3.55. The van der Waals surface area contributed by atoms with E-state index in [2.05, 4.69) is 10.5 Å². The number of benzene rings is 1. The Morgan fingerprint density at radius 2 is 2.09 bits per heavy atom. The zero-order valence-electron chi connectivity index (χ0n) is 11.9. The molecular formula is C15H12ClN3O3. The quantitative estimate of drug-likeness (QED) is 0.839. The normalized spacial score (nSPS) is 32.2. The molecule has 0 radical (unpaired) electrons. The summed E-state index contributed by atoms with van der Waals surface area (Å²) in [4.78, 5) is 24.7. The molecule has 3 atom stereocenters. The highest BCUT2D eigenvalue weighted by molar-refractivity contribution is 6.30. The van der Waals surface area contributed by atoms with Crippen LogP contribution in [0.5, 0.6) is 0 Å². The third-order valence-corrected chi connectivity index (χ3v) is 4.80. The molecule has 7 heteroatoms. The van der Waals surface area contributed by atoms with Crippen molar-refractivity contribution in [2.75, 3.05) is 7.11 Å². The molecule has 22 heavy (non-hydrogen) atoms. The Hall–Kier alpha value is -2.39. The number of halogens is 1. The lowest BCUT2D eigenvalue weighted by atomic mass is 9.89. The molecule has 6 nitrogen and oxygen atoms in total. The van der Waals surface area contributed by atoms with Gasteiger partial charge in [0.15, 0.2) is 5.41 Å². The predicted molar refractivity (Wildman–Crippen MR) is 77.9 cm³/mol. The van der Waals surface area contributed by atoms with Crippen LogP contribution in [0.4, 0.5) is 0 Å². The summed E-state index contributed by atoms with van der Waals surface area (Å²) in [5, 5.41) is 14.1. The van der Waals surface area contributed by atoms with Crippen LogP contribution in [0, 0.1) is 22.2 Å². The van der Waals surface area contributed by atoms with Gasteiger partial charge in [-0.15, -0.1) is 0 Å². The summed E-state index contributed by atoms with van der Waals surface area (Å²) in [6.45, 7) is 1.63. The highest BCUT2D eigenvalue weighted by Gasteiger charge is 2.89. The van der Waals surface area contributed by atoms with Crippen molar-refractivity contribution in [3.63, 3.8) is 0 Å². The fraction of sp³-hybridized carbons (Fsp3) is 0.333. The van der Waals surface area contributed by atoms with Crippen molar-refractivity contribution in [3.8, 4) is 6.07 Å². The summed E-state index contributed by atoms with van der Waals surface area (Å²) in [5.74, 6) is -1.85. The molecule has 1 fully saturated rings. The van der Waals surface area contributed by atoms with Gasteiger partial charge in [0.2, 0.25) is 0 Å². The van der Waals surface area contributed by atoms with Gasteiger partial charge in [0.1, 0.15) is 5.41 Å². The Morgan fingerprint density at radius 3 is 2.55 bits per heavy atom. The van der Waals surface area contributed by atoms with E-state index in [0.717, 1.165) is 0 Å². The lowest BCUT2D eigenvalue weighted by Crippen LogP contribution is -2.34. The number of carbonyl (C=O) groups is 2. The van der Waals surface area contributed by atoms with Gasteiger partial charge in [0.05, 0.1) is 18.9 Å². The molecule has 1 aromatic carbocycles. The van der Waals surface area contributed by atoms with Crippen molar-refractivity contribution >= 4 is 29.2 Å². The van der Waals surface area contributed by atoms with Gasteiger partial charge in [-0.25, -0.2) is 5.43 Å². The van der Waals surface area contributed by atoms with Gasteiger partial charge >= 0.3 is 5.97 Å². The number of esters is 1. The minimum absolute atomic E-state index is 0.407. The summed E-state index contributed by atoms with van der Waals surface area (Å²) in [6, 6.07) is 8.73. The Bertz CT molecular complexity index is 752. The summed E-state index contributed by atoms with van der Waals surface area (Å²) in [5.41, 5.74) is 0.517. The highest BCUT2D eigenvalue weighted by Crippen LogP contribution is 2.76. The number of methoxy groups -OCH3 is 1. The molecule has 1 aliphatic heterocycles. The van der Waals surface area contributed by atoms with E-state index >= 15 is 0 Å². The molecule has 3 rings (SSSR count). The number of amides is 1. The Labute approximate surface area is 131 Å². The average Bonchev–Trinajstić information content (AvgIpc) is 3.07. The van der Waals surface area contributed by atoms with Gasteiger partial charge in [0.25, 0.3) is 5.91 Å². The topological polar surface area (TPSA) is 91.5 Å². The van der Waals surface area contributed by atoms with Crippen molar-refractivity contribution in [3.05, 3.63) is 34.9 Å². The van der Waals surface area contributed by atoms with E-state index in [9.17, 15) is 14.9 Å². The molecular weight excluding hydrogens is 306 g/mol. The maximum atomic E-state index is 12.4. The van der Waals surface area contributed by atoms with Crippen molar-refractivity contribution in [2.45, 2.75) is 12.8 Å². The van der Waals surface area contributed by atoms with E-state index in [0.29, 0.717) is 16.3 Å². The maximum absolute atomic E-state index is 12.4. The Balaban J connectivity index is 2.21. The maximum Gasteiger partial charge on any atom is 0.328 e. The van der Waals surface area contributed by atoms with Crippen molar-refractivity contribution in [1.82, 2.24) is 5.43 Å². The number of hydrogen-bond donors (Lipinski definition) is 1. The second-order valence-electron chi connectivity index (χ2n) is 5.34. The lowest BCUT2D eigenvalue weighted by Gasteiger charge is -2.10. The number of hydrazone groups is 1.